The van der Waals surface area contributed by atoms with Gasteiger partial charge >= 0.3 is 5.00 Å². The average molecular weight is 243 g/mol. The number of thiazole rings is 1. The van der Waals surface area contributed by atoms with Crippen LogP contribution < -0.4 is 4.90 Å². The van der Waals surface area contributed by atoms with E-state index in [4.69, 9.17) is 0 Å². The summed E-state index contributed by atoms with van der Waals surface area (Å²) in [4.78, 5) is 16.0. The van der Waals surface area contributed by atoms with Gasteiger partial charge in [0.2, 0.25) is 0 Å². The smallest absolute Gasteiger partial charge is 0.345 e. The van der Waals surface area contributed by atoms with Crippen LogP contribution in [-0.2, 0) is 0 Å². The van der Waals surface area contributed by atoms with E-state index < -0.39 is 4.92 Å². The summed E-state index contributed by atoms with van der Waals surface area (Å²) in [6.07, 6.45) is 1.77. The van der Waals surface area contributed by atoms with Crippen LogP contribution in [0.4, 0.5) is 10.1 Å². The van der Waals surface area contributed by atoms with Crippen LogP contribution in [0.5, 0.6) is 0 Å². The first-order chi connectivity index (χ1) is 7.58. The molecule has 7 heteroatoms. The van der Waals surface area contributed by atoms with Crippen LogP contribution in [0.3, 0.4) is 0 Å². The molecular weight excluding hydrogens is 230 g/mol. The van der Waals surface area contributed by atoms with Gasteiger partial charge in [-0.05, 0) is 23.7 Å². The van der Waals surface area contributed by atoms with Gasteiger partial charge in [0.25, 0.3) is 0 Å². The van der Waals surface area contributed by atoms with E-state index in [1.165, 1.54) is 6.20 Å². The molecule has 0 radical (unpaired) electrons. The Labute approximate surface area is 96.7 Å². The highest BCUT2D eigenvalue weighted by atomic mass is 32.1. The minimum Gasteiger partial charge on any atom is -0.391 e. The molecule has 1 aromatic heterocycles. The van der Waals surface area contributed by atoms with Crippen LogP contribution in [0, 0.1) is 16.0 Å². The van der Waals surface area contributed by atoms with Crippen molar-refractivity contribution in [1.82, 2.24) is 4.98 Å². The van der Waals surface area contributed by atoms with Crippen molar-refractivity contribution in [2.75, 3.05) is 18.0 Å². The molecule has 2 unspecified atom stereocenters. The molecule has 1 aliphatic rings. The summed E-state index contributed by atoms with van der Waals surface area (Å²) in [6, 6.07) is 0. The summed E-state index contributed by atoms with van der Waals surface area (Å²) in [7, 11) is 0. The molecule has 0 aromatic carbocycles. The number of piperidine rings is 1. The average Bonchev–Trinajstić information content (AvgIpc) is 2.71. The third-order valence-electron chi connectivity index (χ3n) is 2.85. The molecule has 2 atom stereocenters. The Hall–Kier alpha value is -1.21. The van der Waals surface area contributed by atoms with Crippen molar-refractivity contribution in [3.63, 3.8) is 0 Å². The van der Waals surface area contributed by atoms with Crippen LogP contribution in [0.1, 0.15) is 13.3 Å². The van der Waals surface area contributed by atoms with Crippen molar-refractivity contribution in [1.29, 1.82) is 0 Å². The monoisotopic (exact) mass is 243 g/mol. The van der Waals surface area contributed by atoms with Crippen LogP contribution in [0.25, 0.3) is 0 Å². The summed E-state index contributed by atoms with van der Waals surface area (Å²) >= 11 is 1.06. The lowest BCUT2D eigenvalue weighted by Gasteiger charge is -2.33. The molecule has 2 heterocycles. The number of anilines is 1. The second-order valence-electron chi connectivity index (χ2n) is 4.02. The van der Waals surface area contributed by atoms with E-state index in [0.29, 0.717) is 11.7 Å². The summed E-state index contributed by atoms with van der Waals surface area (Å²) in [5, 5.41) is 20.9. The molecule has 16 heavy (non-hydrogen) atoms. The highest BCUT2D eigenvalue weighted by Gasteiger charge is 2.26. The molecule has 0 aliphatic carbocycles. The first kappa shape index (κ1) is 11.3. The molecule has 0 bridgehead atoms. The van der Waals surface area contributed by atoms with E-state index in [1.54, 1.807) is 0 Å². The number of hydrogen-bond acceptors (Lipinski definition) is 6. The Morgan fingerprint density at radius 3 is 3.06 bits per heavy atom. The summed E-state index contributed by atoms with van der Waals surface area (Å²) in [5.41, 5.74) is 0. The second kappa shape index (κ2) is 4.34. The van der Waals surface area contributed by atoms with Crippen molar-refractivity contribution in [3.8, 4) is 0 Å². The molecule has 1 fully saturated rings. The molecule has 0 saturated carbocycles. The molecule has 6 nitrogen and oxygen atoms in total. The van der Waals surface area contributed by atoms with E-state index in [2.05, 4.69) is 4.98 Å². The topological polar surface area (TPSA) is 79.5 Å². The van der Waals surface area contributed by atoms with Crippen molar-refractivity contribution >= 4 is 21.5 Å². The second-order valence-corrected chi connectivity index (χ2v) is 5.01. The van der Waals surface area contributed by atoms with E-state index in [9.17, 15) is 15.2 Å². The quantitative estimate of drug-likeness (QED) is 0.624. The first-order valence-electron chi connectivity index (χ1n) is 5.11. The van der Waals surface area contributed by atoms with Crippen molar-refractivity contribution in [3.05, 3.63) is 16.3 Å². The number of aliphatic hydroxyl groups is 1. The molecule has 1 aromatic rings. The van der Waals surface area contributed by atoms with Crippen LogP contribution in [0.2, 0.25) is 0 Å². The Morgan fingerprint density at radius 1 is 1.75 bits per heavy atom. The number of aliphatic hydroxyl groups excluding tert-OH is 1. The Balaban J connectivity index is 2.09. The van der Waals surface area contributed by atoms with Gasteiger partial charge in [-0.3, -0.25) is 10.1 Å². The van der Waals surface area contributed by atoms with Gasteiger partial charge in [-0.15, -0.1) is 0 Å². The van der Waals surface area contributed by atoms with Gasteiger partial charge in [0, 0.05) is 13.1 Å². The van der Waals surface area contributed by atoms with E-state index in [-0.39, 0.29) is 17.0 Å². The summed E-state index contributed by atoms with van der Waals surface area (Å²) in [6.45, 7) is 3.31. The normalized spacial score (nSPS) is 25.8. The minimum atomic E-state index is -0.440. The molecule has 1 aliphatic heterocycles. The van der Waals surface area contributed by atoms with Crippen LogP contribution in [-0.4, -0.2) is 34.2 Å². The van der Waals surface area contributed by atoms with Gasteiger partial charge < -0.3 is 10.0 Å². The maximum Gasteiger partial charge on any atom is 0.345 e. The van der Waals surface area contributed by atoms with Crippen LogP contribution >= 0.6 is 11.3 Å². The highest BCUT2D eigenvalue weighted by molar-refractivity contribution is 7.18. The van der Waals surface area contributed by atoms with Gasteiger partial charge in [-0.1, -0.05) is 6.92 Å². The van der Waals surface area contributed by atoms with E-state index in [1.807, 2.05) is 11.8 Å². The summed E-state index contributed by atoms with van der Waals surface area (Å²) < 4.78 is 0. The number of rotatable bonds is 2. The number of nitrogens with zero attached hydrogens (tertiary/aromatic N) is 3. The zero-order chi connectivity index (χ0) is 11.7. The number of aromatic nitrogens is 1. The molecule has 0 amide bonds. The van der Waals surface area contributed by atoms with Gasteiger partial charge in [0.05, 0.1) is 11.0 Å². The summed E-state index contributed by atoms with van der Waals surface area (Å²) in [5.74, 6) is 0.284. The van der Waals surface area contributed by atoms with E-state index >= 15 is 0 Å². The Bertz CT molecular complexity index is 395. The Morgan fingerprint density at radius 2 is 2.50 bits per heavy atom. The first-order valence-corrected chi connectivity index (χ1v) is 5.93. The van der Waals surface area contributed by atoms with Gasteiger partial charge in [0.1, 0.15) is 6.20 Å². The third kappa shape index (κ3) is 2.14. The molecule has 1 N–H and O–H groups in total. The number of β-amino-alcohol motifs (C(OH)–C–C–N with tert-alkyl or cyclic N) is 1. The maximum atomic E-state index is 10.5. The number of nitro groups is 1. The third-order valence-corrected chi connectivity index (χ3v) is 3.86. The highest BCUT2D eigenvalue weighted by Crippen LogP contribution is 2.30. The fourth-order valence-electron chi connectivity index (χ4n) is 1.71. The fraction of sp³-hybridized carbons (Fsp3) is 0.667. The largest absolute Gasteiger partial charge is 0.391 e. The minimum absolute atomic E-state index is 0.0445. The lowest BCUT2D eigenvalue weighted by atomic mass is 9.96. The predicted octanol–water partition coefficient (Wildman–Crippen LogP) is 1.26. The Kier molecular flexibility index (Phi) is 3.06. The standard InChI is InChI=1S/C9H13N3O3S/c1-6-2-3-11(5-7(6)13)9-10-4-8(16-9)12(14)15/h4,6-7,13H,2-3,5H2,1H3. The zero-order valence-corrected chi connectivity index (χ0v) is 9.68. The maximum absolute atomic E-state index is 10.5. The van der Waals surface area contributed by atoms with E-state index in [0.717, 1.165) is 24.3 Å². The molecule has 2 rings (SSSR count). The van der Waals surface area contributed by atoms with Gasteiger partial charge in [-0.2, -0.15) is 0 Å². The van der Waals surface area contributed by atoms with Crippen molar-refractivity contribution < 1.29 is 10.0 Å². The molecule has 1 saturated heterocycles. The van der Waals surface area contributed by atoms with Crippen molar-refractivity contribution in [2.45, 2.75) is 19.4 Å². The molecular formula is C9H13N3O3S. The van der Waals surface area contributed by atoms with Crippen molar-refractivity contribution in [2.24, 2.45) is 5.92 Å². The fourth-order valence-corrected chi connectivity index (χ4v) is 2.48. The SMILES string of the molecule is CC1CCN(c2ncc([N+](=O)[O-])s2)CC1O. The lowest BCUT2D eigenvalue weighted by Crippen LogP contribution is -2.42. The predicted molar refractivity (Wildman–Crippen MR) is 60.8 cm³/mol. The number of hydrogen-bond donors (Lipinski definition) is 1. The zero-order valence-electron chi connectivity index (χ0n) is 8.87. The lowest BCUT2D eigenvalue weighted by molar-refractivity contribution is -0.380. The molecule has 0 spiro atoms. The van der Waals surface area contributed by atoms with Gasteiger partial charge in [-0.25, -0.2) is 4.98 Å². The van der Waals surface area contributed by atoms with Gasteiger partial charge in [0.15, 0.2) is 5.13 Å². The molecule has 88 valence electrons. The van der Waals surface area contributed by atoms with Crippen LogP contribution in [0.15, 0.2) is 6.20 Å².